The molecular weight excluding hydrogens is 312 g/mol. The van der Waals surface area contributed by atoms with Crippen molar-refractivity contribution in [1.29, 1.82) is 0 Å². The van der Waals surface area contributed by atoms with Gasteiger partial charge in [-0.05, 0) is 41.3 Å². The Morgan fingerprint density at radius 2 is 1.76 bits per heavy atom. The van der Waals surface area contributed by atoms with Gasteiger partial charge in [-0.2, -0.15) is 0 Å². The third-order valence-electron chi connectivity index (χ3n) is 4.23. The van der Waals surface area contributed by atoms with Crippen LogP contribution in [0.3, 0.4) is 0 Å². The number of rotatable bonds is 4. The number of nitrogens with one attached hydrogen (secondary N) is 2. The maximum Gasteiger partial charge on any atom is 0.251 e. The highest BCUT2D eigenvalue weighted by Crippen LogP contribution is 2.27. The van der Waals surface area contributed by atoms with Gasteiger partial charge in [0.05, 0.1) is 6.42 Å². The average molecular weight is 332 g/mol. The minimum absolute atomic E-state index is 0.101. The van der Waals surface area contributed by atoms with Crippen molar-refractivity contribution in [3.63, 3.8) is 0 Å². The first-order chi connectivity index (χ1) is 12.1. The van der Waals surface area contributed by atoms with Crippen molar-refractivity contribution < 1.29 is 9.59 Å². The predicted molar refractivity (Wildman–Crippen MR) is 100.0 cm³/mol. The van der Waals surface area contributed by atoms with E-state index in [1.165, 1.54) is 0 Å². The lowest BCUT2D eigenvalue weighted by molar-refractivity contribution is -0.115. The normalized spacial score (nSPS) is 10.5. The second-order valence-corrected chi connectivity index (χ2v) is 5.97. The van der Waals surface area contributed by atoms with Crippen molar-refractivity contribution in [1.82, 2.24) is 5.32 Å². The number of anilines is 1. The fourth-order valence-electron chi connectivity index (χ4n) is 2.84. The van der Waals surface area contributed by atoms with Crippen molar-refractivity contribution >= 4 is 17.5 Å². The van der Waals surface area contributed by atoms with E-state index in [1.807, 2.05) is 55.5 Å². The van der Waals surface area contributed by atoms with Gasteiger partial charge in [0, 0.05) is 18.3 Å². The molecule has 0 bridgehead atoms. The molecule has 0 aliphatic heterocycles. The summed E-state index contributed by atoms with van der Waals surface area (Å²) in [7, 11) is 1.58. The molecule has 0 spiro atoms. The molecule has 0 fully saturated rings. The fourth-order valence-corrected chi connectivity index (χ4v) is 2.84. The summed E-state index contributed by atoms with van der Waals surface area (Å²) in [6.45, 7) is 1.90. The molecular formula is C21H20N2O2. The van der Waals surface area contributed by atoms with Gasteiger partial charge < -0.3 is 10.6 Å². The van der Waals surface area contributed by atoms with Crippen molar-refractivity contribution in [2.24, 2.45) is 0 Å². The minimum atomic E-state index is -0.176. The van der Waals surface area contributed by atoms with Gasteiger partial charge >= 0.3 is 0 Å². The van der Waals surface area contributed by atoms with E-state index >= 15 is 0 Å². The molecule has 1 aromatic rings. The Labute approximate surface area is 147 Å². The summed E-state index contributed by atoms with van der Waals surface area (Å²) in [5.41, 5.74) is 5.28. The van der Waals surface area contributed by atoms with Crippen LogP contribution in [0.5, 0.6) is 0 Å². The number of hydrogen-bond donors (Lipinski definition) is 2. The van der Waals surface area contributed by atoms with Gasteiger partial charge in [-0.15, -0.1) is 0 Å². The molecule has 2 aliphatic carbocycles. The first-order valence-electron chi connectivity index (χ1n) is 8.17. The molecule has 2 amide bonds. The molecule has 0 heterocycles. The van der Waals surface area contributed by atoms with Crippen molar-refractivity contribution in [3.8, 4) is 11.1 Å². The number of aryl methyl sites for hydroxylation is 1. The summed E-state index contributed by atoms with van der Waals surface area (Å²) in [5.74, 6) is -0.277. The molecule has 4 heteroatoms. The van der Waals surface area contributed by atoms with E-state index < -0.39 is 0 Å². The molecule has 2 N–H and O–H groups in total. The van der Waals surface area contributed by atoms with Crippen LogP contribution in [0.4, 0.5) is 5.69 Å². The van der Waals surface area contributed by atoms with Crippen LogP contribution >= 0.6 is 0 Å². The number of amides is 2. The van der Waals surface area contributed by atoms with Gasteiger partial charge in [0.15, 0.2) is 0 Å². The fraction of sp³-hybridized carbons (Fsp3) is 0.143. The number of carbonyl (C=O) groups is 2. The van der Waals surface area contributed by atoms with Gasteiger partial charge in [-0.3, -0.25) is 9.59 Å². The summed E-state index contributed by atoms with van der Waals surface area (Å²) in [5, 5.41) is 5.51. The standard InChI is InChI=1S/C21H20N2O2/c1-14-8-9-17(21(25)22-2)12-19(14)23-20(24)13-16-11-10-15-6-4-3-5-7-18(15)16/h3-12H,13H2,1-2H3,(H,22,25)(H,23,24). The van der Waals surface area contributed by atoms with Gasteiger partial charge in [0.2, 0.25) is 5.91 Å². The molecule has 0 aromatic heterocycles. The van der Waals surface area contributed by atoms with Gasteiger partial charge in [-0.25, -0.2) is 0 Å². The maximum atomic E-state index is 12.5. The molecule has 0 unspecified atom stereocenters. The maximum absolute atomic E-state index is 12.5. The van der Waals surface area contributed by atoms with E-state index in [4.69, 9.17) is 0 Å². The first kappa shape index (κ1) is 16.7. The molecule has 25 heavy (non-hydrogen) atoms. The zero-order chi connectivity index (χ0) is 17.8. The monoisotopic (exact) mass is 332 g/mol. The Hall–Kier alpha value is -3.14. The average Bonchev–Trinajstić information content (AvgIpc) is 2.82. The van der Waals surface area contributed by atoms with Crippen LogP contribution in [0.25, 0.3) is 11.1 Å². The summed E-state index contributed by atoms with van der Waals surface area (Å²) < 4.78 is 0. The van der Waals surface area contributed by atoms with Crippen LogP contribution in [-0.4, -0.2) is 18.9 Å². The topological polar surface area (TPSA) is 58.2 Å². The summed E-state index contributed by atoms with van der Waals surface area (Å²) >= 11 is 0. The Bertz CT molecular complexity index is 902. The summed E-state index contributed by atoms with van der Waals surface area (Å²) in [4.78, 5) is 24.3. The Morgan fingerprint density at radius 3 is 2.56 bits per heavy atom. The highest BCUT2D eigenvalue weighted by atomic mass is 16.2. The Balaban J connectivity index is 1.78. The highest BCUT2D eigenvalue weighted by molar-refractivity contribution is 5.98. The van der Waals surface area contributed by atoms with E-state index in [2.05, 4.69) is 10.6 Å². The number of benzene rings is 1. The largest absolute Gasteiger partial charge is 0.355 e. The molecule has 4 nitrogen and oxygen atoms in total. The molecule has 126 valence electrons. The van der Waals surface area contributed by atoms with Crippen molar-refractivity contribution in [3.05, 3.63) is 77.4 Å². The molecule has 2 aliphatic rings. The summed E-state index contributed by atoms with van der Waals surface area (Å²) in [6, 6.07) is 19.3. The van der Waals surface area contributed by atoms with Gasteiger partial charge in [0.25, 0.3) is 5.91 Å². The lowest BCUT2D eigenvalue weighted by atomic mass is 10.1. The zero-order valence-electron chi connectivity index (χ0n) is 14.3. The molecule has 0 radical (unpaired) electrons. The van der Waals surface area contributed by atoms with Crippen LogP contribution in [0.1, 0.15) is 21.5 Å². The first-order valence-corrected chi connectivity index (χ1v) is 8.17. The summed E-state index contributed by atoms with van der Waals surface area (Å²) in [6.07, 6.45) is 0.289. The van der Waals surface area contributed by atoms with Crippen molar-refractivity contribution in [2.45, 2.75) is 13.3 Å². The number of hydrogen-bond acceptors (Lipinski definition) is 2. The van der Waals surface area contributed by atoms with E-state index in [0.717, 1.165) is 22.3 Å². The van der Waals surface area contributed by atoms with Crippen LogP contribution in [0.15, 0.2) is 60.7 Å². The Morgan fingerprint density at radius 1 is 0.960 bits per heavy atom. The van der Waals surface area contributed by atoms with E-state index in [9.17, 15) is 9.59 Å². The predicted octanol–water partition coefficient (Wildman–Crippen LogP) is 3.64. The quantitative estimate of drug-likeness (QED) is 0.766. The third kappa shape index (κ3) is 3.69. The molecule has 0 saturated carbocycles. The molecule has 1 aromatic carbocycles. The van der Waals surface area contributed by atoms with Gasteiger partial charge in [0.1, 0.15) is 0 Å². The lowest BCUT2D eigenvalue weighted by Gasteiger charge is -2.10. The Kier molecular flexibility index (Phi) is 4.80. The zero-order valence-corrected chi connectivity index (χ0v) is 14.3. The SMILES string of the molecule is CNC(=O)c1ccc(C)c(NC(=O)Cc2ccc3cccccc2-3)c1. The van der Waals surface area contributed by atoms with Crippen LogP contribution in [-0.2, 0) is 11.2 Å². The van der Waals surface area contributed by atoms with Crippen LogP contribution in [0, 0.1) is 6.92 Å². The van der Waals surface area contributed by atoms with E-state index in [-0.39, 0.29) is 18.2 Å². The molecule has 3 rings (SSSR count). The molecule has 0 saturated heterocycles. The van der Waals surface area contributed by atoms with E-state index in [1.54, 1.807) is 19.2 Å². The van der Waals surface area contributed by atoms with Crippen LogP contribution in [0.2, 0.25) is 0 Å². The number of carbonyl (C=O) groups excluding carboxylic acids is 2. The lowest BCUT2D eigenvalue weighted by Crippen LogP contribution is -2.19. The highest BCUT2D eigenvalue weighted by Gasteiger charge is 2.13. The minimum Gasteiger partial charge on any atom is -0.355 e. The van der Waals surface area contributed by atoms with Gasteiger partial charge in [-0.1, -0.05) is 48.5 Å². The van der Waals surface area contributed by atoms with Crippen LogP contribution < -0.4 is 10.6 Å². The third-order valence-corrected chi connectivity index (χ3v) is 4.23. The number of fused-ring (bicyclic) bond motifs is 1. The second-order valence-electron chi connectivity index (χ2n) is 5.97. The smallest absolute Gasteiger partial charge is 0.251 e. The van der Waals surface area contributed by atoms with Crippen molar-refractivity contribution in [2.75, 3.05) is 12.4 Å². The second kappa shape index (κ2) is 7.18. The van der Waals surface area contributed by atoms with E-state index in [0.29, 0.717) is 11.3 Å². The molecule has 0 atom stereocenters.